The summed E-state index contributed by atoms with van der Waals surface area (Å²) in [6.45, 7) is 6.65. The van der Waals surface area contributed by atoms with Crippen LogP contribution in [0, 0.1) is 11.6 Å². The van der Waals surface area contributed by atoms with E-state index >= 15 is 8.78 Å². The molecule has 1 unspecified atom stereocenters. The molecule has 41 heavy (non-hydrogen) atoms. The molecular formula is C29H33F2N5O5. The Bertz CT molecular complexity index is 1460. The summed E-state index contributed by atoms with van der Waals surface area (Å²) in [5, 5.41) is 15.7. The number of benzene rings is 1. The number of hydrogen-bond donors (Lipinski definition) is 1. The van der Waals surface area contributed by atoms with Crippen LogP contribution in [-0.2, 0) is 11.2 Å². The molecule has 1 atom stereocenters. The topological polar surface area (TPSA) is 112 Å². The van der Waals surface area contributed by atoms with Crippen molar-refractivity contribution < 1.29 is 32.9 Å². The molecule has 1 aliphatic carbocycles. The number of carbonyl (C=O) groups excluding carboxylic acids is 1. The maximum atomic E-state index is 15.1. The van der Waals surface area contributed by atoms with E-state index in [9.17, 15) is 9.90 Å². The predicted octanol–water partition coefficient (Wildman–Crippen LogP) is 4.88. The lowest BCUT2D eigenvalue weighted by Gasteiger charge is -2.33. The van der Waals surface area contributed by atoms with E-state index in [2.05, 4.69) is 10.1 Å². The Morgan fingerprint density at radius 3 is 2.37 bits per heavy atom. The number of allylic oxidation sites excluding steroid dienone is 1. The van der Waals surface area contributed by atoms with Gasteiger partial charge in [-0.2, -0.15) is 5.10 Å². The molecule has 218 valence electrons. The van der Waals surface area contributed by atoms with Gasteiger partial charge in [-0.3, -0.25) is 9.67 Å². The number of methoxy groups -OCH3 is 2. The SMILES string of the molecule is COc1cc(OC)c(F)c(C(O)C2=CCc3ncc(-c4cnn(C5CCN(C(=O)OC(C)(C)C)CC5)c4)nc32)c1F. The zero-order chi connectivity index (χ0) is 29.5. The standard InChI is InChI=1S/C29H33F2N5O5/c1-29(2,3)41-28(38)35-10-8-17(9-11-35)36-15-16(13-33-36)20-14-32-19-7-6-18(26(19)34-20)27(37)23-24(30)21(39-4)12-22(40-5)25(23)31/h6,12-15,17,27,37H,7-11H2,1-5H3. The average Bonchev–Trinajstić information content (AvgIpc) is 3.60. The van der Waals surface area contributed by atoms with Crippen LogP contribution in [0.1, 0.15) is 62.7 Å². The smallest absolute Gasteiger partial charge is 0.410 e. The molecule has 5 rings (SSSR count). The van der Waals surface area contributed by atoms with Crippen molar-refractivity contribution in [3.8, 4) is 22.8 Å². The second kappa shape index (κ2) is 11.1. The first-order chi connectivity index (χ1) is 19.5. The lowest BCUT2D eigenvalue weighted by atomic mass is 9.98. The van der Waals surface area contributed by atoms with Gasteiger partial charge in [0.1, 0.15) is 11.7 Å². The zero-order valence-electron chi connectivity index (χ0n) is 23.6. The molecule has 1 amide bonds. The van der Waals surface area contributed by atoms with Gasteiger partial charge in [0, 0.05) is 42.9 Å². The van der Waals surface area contributed by atoms with Gasteiger partial charge in [-0.25, -0.2) is 18.6 Å². The van der Waals surface area contributed by atoms with Gasteiger partial charge in [-0.05, 0) is 33.6 Å². The first kappa shape index (κ1) is 28.5. The van der Waals surface area contributed by atoms with Crippen LogP contribution in [0.25, 0.3) is 16.8 Å². The Morgan fingerprint density at radius 1 is 1.10 bits per heavy atom. The number of ether oxygens (including phenoxy) is 3. The van der Waals surface area contributed by atoms with Gasteiger partial charge in [0.15, 0.2) is 23.1 Å². The quantitative estimate of drug-likeness (QED) is 0.447. The molecule has 0 radical (unpaired) electrons. The van der Waals surface area contributed by atoms with Crippen LogP contribution < -0.4 is 9.47 Å². The molecule has 0 spiro atoms. The molecule has 0 bridgehead atoms. The summed E-state index contributed by atoms with van der Waals surface area (Å²) in [6, 6.07) is 1.19. The van der Waals surface area contributed by atoms with Gasteiger partial charge in [-0.1, -0.05) is 6.08 Å². The van der Waals surface area contributed by atoms with Crippen molar-refractivity contribution >= 4 is 11.7 Å². The Morgan fingerprint density at radius 2 is 1.76 bits per heavy atom. The fraction of sp³-hybridized carbons (Fsp3) is 0.448. The van der Waals surface area contributed by atoms with Crippen molar-refractivity contribution in [3.63, 3.8) is 0 Å². The van der Waals surface area contributed by atoms with Crippen molar-refractivity contribution in [1.29, 1.82) is 0 Å². The van der Waals surface area contributed by atoms with E-state index in [1.807, 2.05) is 31.6 Å². The first-order valence-corrected chi connectivity index (χ1v) is 13.4. The molecule has 12 heteroatoms. The molecular weight excluding hydrogens is 536 g/mol. The van der Waals surface area contributed by atoms with Gasteiger partial charge in [-0.15, -0.1) is 0 Å². The number of aliphatic hydroxyl groups excluding tert-OH is 1. The normalized spacial score (nSPS) is 16.3. The fourth-order valence-electron chi connectivity index (χ4n) is 5.09. The van der Waals surface area contributed by atoms with E-state index in [1.54, 1.807) is 23.4 Å². The summed E-state index contributed by atoms with van der Waals surface area (Å²) >= 11 is 0. The van der Waals surface area contributed by atoms with Gasteiger partial charge < -0.3 is 24.2 Å². The van der Waals surface area contributed by atoms with Crippen LogP contribution in [-0.4, -0.2) is 68.8 Å². The second-order valence-electron chi connectivity index (χ2n) is 11.0. The Kier molecular flexibility index (Phi) is 7.69. The minimum Gasteiger partial charge on any atom is -0.494 e. The molecule has 1 aromatic carbocycles. The molecule has 3 aromatic rings. The lowest BCUT2D eigenvalue weighted by molar-refractivity contribution is 0.0184. The van der Waals surface area contributed by atoms with Crippen molar-refractivity contribution in [2.24, 2.45) is 0 Å². The monoisotopic (exact) mass is 569 g/mol. The van der Waals surface area contributed by atoms with E-state index < -0.39 is 28.9 Å². The molecule has 3 heterocycles. The molecule has 1 N–H and O–H groups in total. The number of amides is 1. The number of nitrogens with zero attached hydrogens (tertiary/aromatic N) is 5. The summed E-state index contributed by atoms with van der Waals surface area (Å²) in [5.74, 6) is -2.54. The summed E-state index contributed by atoms with van der Waals surface area (Å²) < 4.78 is 47.6. The van der Waals surface area contributed by atoms with Gasteiger partial charge in [0.05, 0.1) is 55.3 Å². The lowest BCUT2D eigenvalue weighted by Crippen LogP contribution is -2.42. The number of fused-ring (bicyclic) bond motifs is 1. The highest BCUT2D eigenvalue weighted by Gasteiger charge is 2.33. The Balaban J connectivity index is 1.34. The molecule has 2 aliphatic rings. The number of aliphatic hydroxyl groups is 1. The van der Waals surface area contributed by atoms with Crippen molar-refractivity contribution in [2.45, 2.75) is 57.8 Å². The third-order valence-corrected chi connectivity index (χ3v) is 7.20. The first-order valence-electron chi connectivity index (χ1n) is 13.4. The minimum absolute atomic E-state index is 0.0936. The summed E-state index contributed by atoms with van der Waals surface area (Å²) in [4.78, 5) is 23.3. The minimum atomic E-state index is -1.66. The van der Waals surface area contributed by atoms with Gasteiger partial charge in [0.25, 0.3) is 0 Å². The predicted molar refractivity (Wildman–Crippen MR) is 145 cm³/mol. The highest BCUT2D eigenvalue weighted by Crippen LogP contribution is 2.42. The third kappa shape index (κ3) is 5.61. The number of likely N-dealkylation sites (tertiary alicyclic amines) is 1. The molecule has 0 saturated carbocycles. The van der Waals surface area contributed by atoms with Gasteiger partial charge in [0.2, 0.25) is 0 Å². The Labute approximate surface area is 236 Å². The van der Waals surface area contributed by atoms with E-state index in [0.717, 1.165) is 18.9 Å². The van der Waals surface area contributed by atoms with E-state index in [0.29, 0.717) is 42.2 Å². The number of rotatable bonds is 6. The highest BCUT2D eigenvalue weighted by atomic mass is 19.1. The van der Waals surface area contributed by atoms with Crippen molar-refractivity contribution in [1.82, 2.24) is 24.6 Å². The van der Waals surface area contributed by atoms with Crippen LogP contribution in [0.3, 0.4) is 0 Å². The van der Waals surface area contributed by atoms with E-state index in [4.69, 9.17) is 19.2 Å². The van der Waals surface area contributed by atoms with E-state index in [-0.39, 0.29) is 29.2 Å². The third-order valence-electron chi connectivity index (χ3n) is 7.20. The van der Waals surface area contributed by atoms with Crippen LogP contribution in [0.4, 0.5) is 13.6 Å². The van der Waals surface area contributed by atoms with Crippen LogP contribution in [0.15, 0.2) is 30.7 Å². The van der Waals surface area contributed by atoms with Crippen LogP contribution in [0.2, 0.25) is 0 Å². The van der Waals surface area contributed by atoms with Crippen molar-refractivity contribution in [2.75, 3.05) is 27.3 Å². The number of halogens is 2. The largest absolute Gasteiger partial charge is 0.494 e. The molecule has 1 aliphatic heterocycles. The average molecular weight is 570 g/mol. The Hall–Kier alpha value is -4.06. The van der Waals surface area contributed by atoms with Crippen molar-refractivity contribution in [3.05, 3.63) is 59.3 Å². The maximum absolute atomic E-state index is 15.1. The van der Waals surface area contributed by atoms with E-state index in [1.165, 1.54) is 14.2 Å². The van der Waals surface area contributed by atoms with Crippen LogP contribution in [0.5, 0.6) is 11.5 Å². The molecule has 2 aromatic heterocycles. The molecule has 10 nitrogen and oxygen atoms in total. The molecule has 1 saturated heterocycles. The summed E-state index contributed by atoms with van der Waals surface area (Å²) in [6.07, 6.45) is 6.63. The van der Waals surface area contributed by atoms with Gasteiger partial charge >= 0.3 is 6.09 Å². The summed E-state index contributed by atoms with van der Waals surface area (Å²) in [7, 11) is 2.50. The fourth-order valence-corrected chi connectivity index (χ4v) is 5.09. The molecule has 1 fully saturated rings. The summed E-state index contributed by atoms with van der Waals surface area (Å²) in [5.41, 5.74) is 1.26. The number of piperidine rings is 1. The second-order valence-corrected chi connectivity index (χ2v) is 11.0. The highest BCUT2D eigenvalue weighted by molar-refractivity contribution is 5.75. The number of carbonyl (C=O) groups is 1. The maximum Gasteiger partial charge on any atom is 0.410 e. The number of aromatic nitrogens is 4. The zero-order valence-corrected chi connectivity index (χ0v) is 23.6. The number of hydrogen-bond acceptors (Lipinski definition) is 8. The van der Waals surface area contributed by atoms with Crippen LogP contribution >= 0.6 is 0 Å².